The van der Waals surface area contributed by atoms with E-state index in [1.54, 1.807) is 0 Å². The number of likely N-dealkylation sites (N-methyl/N-ethyl adjacent to an activating group) is 1. The standard InChI is InChI=1S/C26H37N3O3/c1-19-24(20(2)32-28-19)9-12-27-25(30)26(10-14-31-15-11-26)17-21-6-4-7-22(16-21)23-8-5-13-29(3)18-23/h4,6-7,16,23H,5,8-15,17-18H2,1-3H3,(H,27,30). The zero-order valence-electron chi connectivity index (χ0n) is 19.8. The number of nitrogens with zero attached hydrogens (tertiary/aromatic N) is 2. The molecule has 1 aromatic heterocycles. The van der Waals surface area contributed by atoms with E-state index in [1.807, 2.05) is 13.8 Å². The number of nitrogens with one attached hydrogen (secondary N) is 1. The summed E-state index contributed by atoms with van der Waals surface area (Å²) in [5.74, 6) is 1.57. The van der Waals surface area contributed by atoms with Crippen LogP contribution >= 0.6 is 0 Å². The minimum absolute atomic E-state index is 0.148. The Kier molecular flexibility index (Phi) is 7.31. The molecular weight excluding hydrogens is 402 g/mol. The first kappa shape index (κ1) is 23.0. The number of ether oxygens (including phenoxy) is 1. The number of aromatic nitrogens is 1. The number of aryl methyl sites for hydroxylation is 2. The van der Waals surface area contributed by atoms with Crippen LogP contribution in [0.5, 0.6) is 0 Å². The molecule has 1 unspecified atom stereocenters. The number of carbonyl (C=O) groups excluding carboxylic acids is 1. The first-order valence-electron chi connectivity index (χ1n) is 12.0. The Morgan fingerprint density at radius 2 is 2.09 bits per heavy atom. The van der Waals surface area contributed by atoms with E-state index < -0.39 is 5.41 Å². The summed E-state index contributed by atoms with van der Waals surface area (Å²) in [6.07, 6.45) is 5.53. The highest BCUT2D eigenvalue weighted by Crippen LogP contribution is 2.36. The van der Waals surface area contributed by atoms with Crippen LogP contribution in [0.1, 0.15) is 59.7 Å². The first-order valence-corrected chi connectivity index (χ1v) is 12.0. The van der Waals surface area contributed by atoms with Crippen LogP contribution in [0.4, 0.5) is 0 Å². The molecule has 1 atom stereocenters. The summed E-state index contributed by atoms with van der Waals surface area (Å²) < 4.78 is 10.9. The van der Waals surface area contributed by atoms with Gasteiger partial charge in [-0.2, -0.15) is 0 Å². The van der Waals surface area contributed by atoms with Gasteiger partial charge in [0, 0.05) is 31.9 Å². The molecule has 0 bridgehead atoms. The third-order valence-corrected chi connectivity index (χ3v) is 7.36. The van der Waals surface area contributed by atoms with Gasteiger partial charge in [-0.1, -0.05) is 29.4 Å². The molecule has 0 radical (unpaired) electrons. The lowest BCUT2D eigenvalue weighted by atomic mass is 9.74. The van der Waals surface area contributed by atoms with Crippen molar-refractivity contribution in [2.75, 3.05) is 39.9 Å². The van der Waals surface area contributed by atoms with Crippen molar-refractivity contribution in [3.8, 4) is 0 Å². The summed E-state index contributed by atoms with van der Waals surface area (Å²) in [5, 5.41) is 7.24. The van der Waals surface area contributed by atoms with Crippen molar-refractivity contribution in [2.45, 2.75) is 58.3 Å². The SMILES string of the molecule is Cc1noc(C)c1CCNC(=O)C1(Cc2cccc(C3CCCN(C)C3)c2)CCOCC1. The van der Waals surface area contributed by atoms with Crippen molar-refractivity contribution in [3.63, 3.8) is 0 Å². The second-order valence-electron chi connectivity index (χ2n) is 9.72. The fourth-order valence-corrected chi connectivity index (χ4v) is 5.38. The number of likely N-dealkylation sites (tertiary alicyclic amines) is 1. The maximum atomic E-state index is 13.4. The molecule has 2 fully saturated rings. The van der Waals surface area contributed by atoms with Gasteiger partial charge in [-0.25, -0.2) is 0 Å². The molecule has 174 valence electrons. The van der Waals surface area contributed by atoms with Crippen LogP contribution in [0.2, 0.25) is 0 Å². The van der Waals surface area contributed by atoms with Crippen LogP contribution < -0.4 is 5.32 Å². The minimum Gasteiger partial charge on any atom is -0.381 e. The van der Waals surface area contributed by atoms with Gasteiger partial charge in [0.2, 0.25) is 5.91 Å². The van der Waals surface area contributed by atoms with E-state index in [9.17, 15) is 4.79 Å². The number of hydrogen-bond acceptors (Lipinski definition) is 5. The zero-order chi connectivity index (χ0) is 22.6. The lowest BCUT2D eigenvalue weighted by Gasteiger charge is -2.36. The summed E-state index contributed by atoms with van der Waals surface area (Å²) in [6, 6.07) is 8.96. The molecule has 2 saturated heterocycles. The third kappa shape index (κ3) is 5.24. The summed E-state index contributed by atoms with van der Waals surface area (Å²) >= 11 is 0. The average Bonchev–Trinajstić information content (AvgIpc) is 3.12. The Bertz CT molecular complexity index is 897. The number of amides is 1. The van der Waals surface area contributed by atoms with Crippen LogP contribution in [0.15, 0.2) is 28.8 Å². The molecule has 6 nitrogen and oxygen atoms in total. The number of hydrogen-bond donors (Lipinski definition) is 1. The average molecular weight is 440 g/mol. The molecule has 3 heterocycles. The molecule has 2 aromatic rings. The quantitative estimate of drug-likeness (QED) is 0.711. The summed E-state index contributed by atoms with van der Waals surface area (Å²) in [6.45, 7) is 8.06. The lowest BCUT2D eigenvalue weighted by Crippen LogP contribution is -2.46. The zero-order valence-corrected chi connectivity index (χ0v) is 19.8. The molecule has 0 saturated carbocycles. The molecule has 2 aliphatic rings. The van der Waals surface area contributed by atoms with Crippen LogP contribution in [-0.4, -0.2) is 55.9 Å². The van der Waals surface area contributed by atoms with E-state index in [4.69, 9.17) is 9.26 Å². The van der Waals surface area contributed by atoms with Gasteiger partial charge in [0.05, 0.1) is 11.1 Å². The molecule has 2 aliphatic heterocycles. The van der Waals surface area contributed by atoms with E-state index in [-0.39, 0.29) is 5.91 Å². The van der Waals surface area contributed by atoms with Gasteiger partial charge in [-0.05, 0) is 83.0 Å². The Morgan fingerprint density at radius 1 is 1.28 bits per heavy atom. The fourth-order valence-electron chi connectivity index (χ4n) is 5.38. The molecule has 1 N–H and O–H groups in total. The Morgan fingerprint density at radius 3 is 2.81 bits per heavy atom. The summed E-state index contributed by atoms with van der Waals surface area (Å²) in [5.41, 5.74) is 4.27. The Balaban J connectivity index is 1.44. The van der Waals surface area contributed by atoms with Gasteiger partial charge >= 0.3 is 0 Å². The van der Waals surface area contributed by atoms with Gasteiger partial charge in [-0.15, -0.1) is 0 Å². The number of carbonyl (C=O) groups is 1. The van der Waals surface area contributed by atoms with Gasteiger partial charge in [0.15, 0.2) is 0 Å². The second-order valence-corrected chi connectivity index (χ2v) is 9.72. The molecular formula is C26H37N3O3. The highest BCUT2D eigenvalue weighted by Gasteiger charge is 2.40. The van der Waals surface area contributed by atoms with E-state index in [0.717, 1.165) is 49.2 Å². The molecule has 1 aromatic carbocycles. The Hall–Kier alpha value is -2.18. The van der Waals surface area contributed by atoms with E-state index >= 15 is 0 Å². The third-order valence-electron chi connectivity index (χ3n) is 7.36. The van der Waals surface area contributed by atoms with Crippen molar-refractivity contribution in [3.05, 3.63) is 52.4 Å². The monoisotopic (exact) mass is 439 g/mol. The van der Waals surface area contributed by atoms with E-state index in [2.05, 4.69) is 46.7 Å². The molecule has 4 rings (SSSR count). The molecule has 0 spiro atoms. The lowest BCUT2D eigenvalue weighted by molar-refractivity contribution is -0.136. The fraction of sp³-hybridized carbons (Fsp3) is 0.615. The first-order chi connectivity index (χ1) is 15.5. The van der Waals surface area contributed by atoms with Crippen molar-refractivity contribution in [2.24, 2.45) is 5.41 Å². The van der Waals surface area contributed by atoms with Crippen LogP contribution in [0, 0.1) is 19.3 Å². The van der Waals surface area contributed by atoms with Crippen molar-refractivity contribution in [1.82, 2.24) is 15.4 Å². The van der Waals surface area contributed by atoms with E-state index in [1.165, 1.54) is 30.5 Å². The van der Waals surface area contributed by atoms with Crippen molar-refractivity contribution in [1.29, 1.82) is 0 Å². The molecule has 32 heavy (non-hydrogen) atoms. The largest absolute Gasteiger partial charge is 0.381 e. The maximum Gasteiger partial charge on any atom is 0.226 e. The van der Waals surface area contributed by atoms with Crippen LogP contribution in [0.25, 0.3) is 0 Å². The van der Waals surface area contributed by atoms with Crippen molar-refractivity contribution >= 4 is 5.91 Å². The smallest absolute Gasteiger partial charge is 0.226 e. The minimum atomic E-state index is -0.404. The highest BCUT2D eigenvalue weighted by atomic mass is 16.5. The van der Waals surface area contributed by atoms with E-state index in [0.29, 0.717) is 25.7 Å². The molecule has 6 heteroatoms. The second kappa shape index (κ2) is 10.2. The maximum absolute atomic E-state index is 13.4. The summed E-state index contributed by atoms with van der Waals surface area (Å²) in [7, 11) is 2.21. The van der Waals surface area contributed by atoms with Crippen LogP contribution in [0.3, 0.4) is 0 Å². The van der Waals surface area contributed by atoms with Gasteiger partial charge < -0.3 is 19.5 Å². The number of rotatable bonds is 7. The predicted octanol–water partition coefficient (Wildman–Crippen LogP) is 3.80. The molecule has 1 amide bonds. The Labute approximate surface area is 191 Å². The normalized spacial score (nSPS) is 21.4. The van der Waals surface area contributed by atoms with Crippen molar-refractivity contribution < 1.29 is 14.1 Å². The van der Waals surface area contributed by atoms with Crippen LogP contribution in [-0.2, 0) is 22.4 Å². The highest BCUT2D eigenvalue weighted by molar-refractivity contribution is 5.83. The number of benzene rings is 1. The predicted molar refractivity (Wildman–Crippen MR) is 125 cm³/mol. The molecule has 0 aliphatic carbocycles. The summed E-state index contributed by atoms with van der Waals surface area (Å²) in [4.78, 5) is 15.9. The van der Waals surface area contributed by atoms with Gasteiger partial charge in [0.1, 0.15) is 5.76 Å². The topological polar surface area (TPSA) is 67.6 Å². The number of piperidine rings is 1. The van der Waals surface area contributed by atoms with Gasteiger partial charge in [0.25, 0.3) is 0 Å². The van der Waals surface area contributed by atoms with Gasteiger partial charge in [-0.3, -0.25) is 4.79 Å².